The third-order valence-electron chi connectivity index (χ3n) is 5.05. The van der Waals surface area contributed by atoms with Crippen molar-refractivity contribution >= 4 is 11.8 Å². The van der Waals surface area contributed by atoms with Crippen LogP contribution in [0.15, 0.2) is 24.3 Å². The number of carbonyl (C=O) groups excluding carboxylic acids is 2. The summed E-state index contributed by atoms with van der Waals surface area (Å²) in [6, 6.07) is 8.08. The zero-order valence-electron chi connectivity index (χ0n) is 13.8. The highest BCUT2D eigenvalue weighted by molar-refractivity contribution is 5.87. The SMILES string of the molecule is COc1ccc([C@H]2CCCN2C(=O)[C@@H]2CCN(C)C(=O)C2)cc1. The summed E-state index contributed by atoms with van der Waals surface area (Å²) in [5, 5.41) is 0. The number of benzene rings is 1. The molecule has 2 heterocycles. The fourth-order valence-corrected chi connectivity index (χ4v) is 3.59. The highest BCUT2D eigenvalue weighted by Gasteiger charge is 2.36. The normalized spacial score (nSPS) is 24.9. The van der Waals surface area contributed by atoms with Crippen LogP contribution in [0.3, 0.4) is 0 Å². The third-order valence-corrected chi connectivity index (χ3v) is 5.05. The first-order valence-corrected chi connectivity index (χ1v) is 8.28. The molecule has 0 saturated carbocycles. The molecule has 0 aliphatic carbocycles. The lowest BCUT2D eigenvalue weighted by molar-refractivity contribution is -0.145. The molecule has 2 atom stereocenters. The van der Waals surface area contributed by atoms with Crippen LogP contribution in [0.1, 0.15) is 37.3 Å². The molecule has 0 N–H and O–H groups in total. The number of hydrogen-bond donors (Lipinski definition) is 0. The molecule has 1 aromatic carbocycles. The molecule has 0 radical (unpaired) electrons. The number of piperidine rings is 1. The van der Waals surface area contributed by atoms with Gasteiger partial charge < -0.3 is 14.5 Å². The Labute approximate surface area is 137 Å². The lowest BCUT2D eigenvalue weighted by Crippen LogP contribution is -2.43. The van der Waals surface area contributed by atoms with Crippen molar-refractivity contribution in [1.29, 1.82) is 0 Å². The van der Waals surface area contributed by atoms with Crippen molar-refractivity contribution < 1.29 is 14.3 Å². The molecule has 23 heavy (non-hydrogen) atoms. The molecule has 124 valence electrons. The van der Waals surface area contributed by atoms with Crippen LogP contribution in [-0.4, -0.2) is 48.9 Å². The largest absolute Gasteiger partial charge is 0.497 e. The maximum Gasteiger partial charge on any atom is 0.226 e. The highest BCUT2D eigenvalue weighted by Crippen LogP contribution is 2.35. The summed E-state index contributed by atoms with van der Waals surface area (Å²) in [4.78, 5) is 28.5. The predicted molar refractivity (Wildman–Crippen MR) is 87.0 cm³/mol. The van der Waals surface area contributed by atoms with E-state index < -0.39 is 0 Å². The molecule has 0 spiro atoms. The van der Waals surface area contributed by atoms with E-state index in [-0.39, 0.29) is 23.8 Å². The van der Waals surface area contributed by atoms with Crippen molar-refractivity contribution in [3.8, 4) is 5.75 Å². The third kappa shape index (κ3) is 3.19. The zero-order chi connectivity index (χ0) is 16.4. The molecule has 0 bridgehead atoms. The van der Waals surface area contributed by atoms with Crippen molar-refractivity contribution in [2.75, 3.05) is 27.2 Å². The van der Waals surface area contributed by atoms with Gasteiger partial charge in [-0.15, -0.1) is 0 Å². The first-order valence-electron chi connectivity index (χ1n) is 8.28. The van der Waals surface area contributed by atoms with E-state index in [2.05, 4.69) is 0 Å². The Kier molecular flexibility index (Phi) is 4.55. The van der Waals surface area contributed by atoms with Crippen LogP contribution in [0, 0.1) is 5.92 Å². The van der Waals surface area contributed by atoms with E-state index in [1.54, 1.807) is 19.1 Å². The number of ether oxygens (including phenoxy) is 1. The molecule has 2 amide bonds. The summed E-state index contributed by atoms with van der Waals surface area (Å²) in [6.07, 6.45) is 3.12. The van der Waals surface area contributed by atoms with Gasteiger partial charge in [0.1, 0.15) is 5.75 Å². The van der Waals surface area contributed by atoms with Gasteiger partial charge in [-0.1, -0.05) is 12.1 Å². The fourth-order valence-electron chi connectivity index (χ4n) is 3.59. The zero-order valence-corrected chi connectivity index (χ0v) is 13.8. The van der Waals surface area contributed by atoms with Crippen LogP contribution >= 0.6 is 0 Å². The second-order valence-electron chi connectivity index (χ2n) is 6.47. The van der Waals surface area contributed by atoms with E-state index in [1.165, 1.54) is 0 Å². The average Bonchev–Trinajstić information content (AvgIpc) is 3.06. The molecule has 5 nitrogen and oxygen atoms in total. The van der Waals surface area contributed by atoms with E-state index in [0.717, 1.165) is 37.1 Å². The second kappa shape index (κ2) is 6.60. The van der Waals surface area contributed by atoms with Gasteiger partial charge in [-0.05, 0) is 37.0 Å². The maximum absolute atomic E-state index is 12.9. The van der Waals surface area contributed by atoms with Gasteiger partial charge in [0.05, 0.1) is 13.2 Å². The number of amides is 2. The fraction of sp³-hybridized carbons (Fsp3) is 0.556. The quantitative estimate of drug-likeness (QED) is 0.859. The van der Waals surface area contributed by atoms with Crippen molar-refractivity contribution in [2.45, 2.75) is 31.7 Å². The molecule has 3 rings (SSSR count). The van der Waals surface area contributed by atoms with E-state index in [0.29, 0.717) is 13.0 Å². The van der Waals surface area contributed by atoms with Crippen molar-refractivity contribution in [2.24, 2.45) is 5.92 Å². The highest BCUT2D eigenvalue weighted by atomic mass is 16.5. The van der Waals surface area contributed by atoms with Crippen LogP contribution < -0.4 is 4.74 Å². The number of likely N-dealkylation sites (tertiary alicyclic amines) is 2. The summed E-state index contributed by atoms with van der Waals surface area (Å²) < 4.78 is 5.20. The topological polar surface area (TPSA) is 49.9 Å². The molecule has 2 fully saturated rings. The summed E-state index contributed by atoms with van der Waals surface area (Å²) in [7, 11) is 3.45. The molecule has 2 saturated heterocycles. The minimum atomic E-state index is -0.155. The number of rotatable bonds is 3. The van der Waals surface area contributed by atoms with Gasteiger partial charge in [0, 0.05) is 32.5 Å². The second-order valence-corrected chi connectivity index (χ2v) is 6.47. The first kappa shape index (κ1) is 15.8. The predicted octanol–water partition coefficient (Wildman–Crippen LogP) is 2.23. The summed E-state index contributed by atoms with van der Waals surface area (Å²) in [5.74, 6) is 0.891. The smallest absolute Gasteiger partial charge is 0.226 e. The Morgan fingerprint density at radius 3 is 2.57 bits per heavy atom. The Bertz CT molecular complexity index is 584. The van der Waals surface area contributed by atoms with Crippen molar-refractivity contribution in [1.82, 2.24) is 9.80 Å². The van der Waals surface area contributed by atoms with Crippen LogP contribution in [0.4, 0.5) is 0 Å². The van der Waals surface area contributed by atoms with Gasteiger partial charge in [-0.2, -0.15) is 0 Å². The molecule has 2 aliphatic rings. The van der Waals surface area contributed by atoms with Crippen molar-refractivity contribution in [3.63, 3.8) is 0 Å². The first-order chi connectivity index (χ1) is 11.1. The van der Waals surface area contributed by atoms with Gasteiger partial charge in [0.25, 0.3) is 0 Å². The van der Waals surface area contributed by atoms with Gasteiger partial charge in [0.15, 0.2) is 0 Å². The van der Waals surface area contributed by atoms with Crippen LogP contribution in [0.2, 0.25) is 0 Å². The van der Waals surface area contributed by atoms with Gasteiger partial charge in [-0.25, -0.2) is 0 Å². The molecule has 2 aliphatic heterocycles. The molecule has 5 heteroatoms. The van der Waals surface area contributed by atoms with E-state index in [4.69, 9.17) is 4.74 Å². The Morgan fingerprint density at radius 1 is 1.17 bits per heavy atom. The van der Waals surface area contributed by atoms with Crippen LogP contribution in [0.25, 0.3) is 0 Å². The number of hydrogen-bond acceptors (Lipinski definition) is 3. The number of methoxy groups -OCH3 is 1. The number of nitrogens with zero attached hydrogens (tertiary/aromatic N) is 2. The van der Waals surface area contributed by atoms with Crippen molar-refractivity contribution in [3.05, 3.63) is 29.8 Å². The average molecular weight is 316 g/mol. The minimum absolute atomic E-state index is 0.0785. The van der Waals surface area contributed by atoms with Gasteiger partial charge in [0.2, 0.25) is 11.8 Å². The molecule has 0 aromatic heterocycles. The molecular formula is C18H24N2O3. The molecular weight excluding hydrogens is 292 g/mol. The lowest BCUT2D eigenvalue weighted by Gasteiger charge is -2.33. The van der Waals surface area contributed by atoms with Gasteiger partial charge >= 0.3 is 0 Å². The van der Waals surface area contributed by atoms with Crippen LogP contribution in [0.5, 0.6) is 5.75 Å². The standard InChI is InChI=1S/C18H24N2O3/c1-19-11-9-14(12-17(19)21)18(22)20-10-3-4-16(20)13-5-7-15(23-2)8-6-13/h5-8,14,16H,3-4,9-12H2,1-2H3/t14-,16-/m1/s1. The summed E-state index contributed by atoms with van der Waals surface area (Å²) in [5.41, 5.74) is 1.15. The van der Waals surface area contributed by atoms with E-state index >= 15 is 0 Å². The lowest BCUT2D eigenvalue weighted by atomic mass is 9.94. The van der Waals surface area contributed by atoms with Crippen LogP contribution in [-0.2, 0) is 9.59 Å². The monoisotopic (exact) mass is 316 g/mol. The summed E-state index contributed by atoms with van der Waals surface area (Å²) >= 11 is 0. The van der Waals surface area contributed by atoms with E-state index in [1.807, 2.05) is 29.2 Å². The maximum atomic E-state index is 12.9. The van der Waals surface area contributed by atoms with E-state index in [9.17, 15) is 9.59 Å². The Morgan fingerprint density at radius 2 is 1.91 bits per heavy atom. The van der Waals surface area contributed by atoms with Gasteiger partial charge in [-0.3, -0.25) is 9.59 Å². The molecule has 0 unspecified atom stereocenters. The Balaban J connectivity index is 1.73. The minimum Gasteiger partial charge on any atom is -0.497 e. The molecule has 1 aromatic rings. The Hall–Kier alpha value is -2.04. The number of carbonyl (C=O) groups is 2. The summed E-state index contributed by atoms with van der Waals surface area (Å²) in [6.45, 7) is 1.46.